The highest BCUT2D eigenvalue weighted by Crippen LogP contribution is 2.19. The maximum Gasteiger partial charge on any atom is 0.309 e. The Morgan fingerprint density at radius 3 is 3.08 bits per heavy atom. The van der Waals surface area contributed by atoms with E-state index in [0.717, 1.165) is 11.4 Å². The fraction of sp³-hybridized carbons (Fsp3) is 0.571. The number of carbonyl (C=O) groups is 1. The summed E-state index contributed by atoms with van der Waals surface area (Å²) in [5.41, 5.74) is 0. The van der Waals surface area contributed by atoms with E-state index in [2.05, 4.69) is 14.5 Å². The molecule has 1 aromatic rings. The van der Waals surface area contributed by atoms with Crippen molar-refractivity contribution in [3.8, 4) is 0 Å². The minimum Gasteiger partial charge on any atom is -0.481 e. The van der Waals surface area contributed by atoms with Gasteiger partial charge in [-0.1, -0.05) is 4.49 Å². The Balaban J connectivity index is 1.79. The lowest BCUT2D eigenvalue weighted by molar-refractivity contribution is -0.147. The molecule has 1 fully saturated rings. The normalized spacial score (nSPS) is 18.5. The van der Waals surface area contributed by atoms with E-state index in [-0.39, 0.29) is 5.92 Å². The molecule has 0 spiro atoms. The summed E-state index contributed by atoms with van der Waals surface area (Å²) < 4.78 is 3.74. The van der Waals surface area contributed by atoms with Crippen LogP contribution < -0.4 is 0 Å². The summed E-state index contributed by atoms with van der Waals surface area (Å²) >= 11 is 1.36. The first-order valence-electron chi connectivity index (χ1n) is 3.97. The van der Waals surface area contributed by atoms with Gasteiger partial charge < -0.3 is 5.11 Å². The molecule has 0 aliphatic carbocycles. The monoisotopic (exact) mass is 199 g/mol. The summed E-state index contributed by atoms with van der Waals surface area (Å²) in [5, 5.41) is 12.3. The standard InChI is InChI=1S/C7H9N3O2S/c11-7(12)5-2-10(3-5)4-6-1-8-9-13-6/h1,5H,2-4H2,(H,11,12). The molecule has 0 unspecified atom stereocenters. The molecule has 2 rings (SSSR count). The Bertz CT molecular complexity index is 295. The van der Waals surface area contributed by atoms with E-state index < -0.39 is 5.97 Å². The van der Waals surface area contributed by atoms with Crippen LogP contribution in [0.3, 0.4) is 0 Å². The minimum absolute atomic E-state index is 0.180. The first kappa shape index (κ1) is 8.58. The van der Waals surface area contributed by atoms with Gasteiger partial charge in [0.25, 0.3) is 0 Å². The number of aromatic nitrogens is 2. The molecular weight excluding hydrogens is 190 g/mol. The van der Waals surface area contributed by atoms with Gasteiger partial charge in [-0.05, 0) is 11.5 Å². The molecule has 1 N–H and O–H groups in total. The molecule has 0 saturated carbocycles. The zero-order valence-corrected chi connectivity index (χ0v) is 7.70. The van der Waals surface area contributed by atoms with Crippen LogP contribution in [0, 0.1) is 5.92 Å². The molecule has 1 aromatic heterocycles. The average molecular weight is 199 g/mol. The van der Waals surface area contributed by atoms with Crippen molar-refractivity contribution in [2.75, 3.05) is 13.1 Å². The molecule has 70 valence electrons. The maximum absolute atomic E-state index is 10.5. The van der Waals surface area contributed by atoms with Gasteiger partial charge in [0.15, 0.2) is 0 Å². The van der Waals surface area contributed by atoms with Gasteiger partial charge in [0.05, 0.1) is 17.0 Å². The predicted octanol–water partition coefficient (Wildman–Crippen LogP) is 0.0545. The number of likely N-dealkylation sites (tertiary alicyclic amines) is 1. The second-order valence-electron chi connectivity index (χ2n) is 3.11. The molecule has 6 heteroatoms. The molecule has 0 bridgehead atoms. The molecule has 5 nitrogen and oxygen atoms in total. The van der Waals surface area contributed by atoms with Crippen molar-refractivity contribution in [2.45, 2.75) is 6.54 Å². The molecule has 0 radical (unpaired) electrons. The van der Waals surface area contributed by atoms with Crippen molar-refractivity contribution in [3.05, 3.63) is 11.1 Å². The topological polar surface area (TPSA) is 66.3 Å². The van der Waals surface area contributed by atoms with Gasteiger partial charge >= 0.3 is 5.97 Å². The van der Waals surface area contributed by atoms with Crippen LogP contribution in [0.15, 0.2) is 6.20 Å². The number of hydrogen-bond donors (Lipinski definition) is 1. The Hall–Kier alpha value is -1.01. The summed E-state index contributed by atoms with van der Waals surface area (Å²) in [6, 6.07) is 0. The molecule has 2 heterocycles. The van der Waals surface area contributed by atoms with Crippen LogP contribution in [0.5, 0.6) is 0 Å². The summed E-state index contributed by atoms with van der Waals surface area (Å²) in [4.78, 5) is 13.6. The van der Waals surface area contributed by atoms with Gasteiger partial charge in [-0.15, -0.1) is 5.10 Å². The van der Waals surface area contributed by atoms with Crippen LogP contribution in [0.4, 0.5) is 0 Å². The SMILES string of the molecule is O=C(O)C1CN(Cc2cnns2)C1. The van der Waals surface area contributed by atoms with Crippen LogP contribution in [0.2, 0.25) is 0 Å². The predicted molar refractivity (Wildman–Crippen MR) is 46.3 cm³/mol. The van der Waals surface area contributed by atoms with Gasteiger partial charge in [0.2, 0.25) is 0 Å². The van der Waals surface area contributed by atoms with E-state index in [1.807, 2.05) is 0 Å². The van der Waals surface area contributed by atoms with E-state index in [1.54, 1.807) is 6.20 Å². The first-order chi connectivity index (χ1) is 6.25. The Morgan fingerprint density at radius 2 is 2.54 bits per heavy atom. The number of carboxylic acids is 1. The third-order valence-corrected chi connectivity index (χ3v) is 2.74. The van der Waals surface area contributed by atoms with Gasteiger partial charge in [-0.2, -0.15) is 0 Å². The minimum atomic E-state index is -0.696. The Kier molecular flexibility index (Phi) is 2.24. The highest BCUT2D eigenvalue weighted by molar-refractivity contribution is 7.05. The molecule has 0 atom stereocenters. The fourth-order valence-corrected chi connectivity index (χ4v) is 1.87. The highest BCUT2D eigenvalue weighted by Gasteiger charge is 2.32. The molecule has 0 amide bonds. The van der Waals surface area contributed by atoms with E-state index in [9.17, 15) is 4.79 Å². The molecule has 1 aliphatic rings. The van der Waals surface area contributed by atoms with Crippen LogP contribution in [0.1, 0.15) is 4.88 Å². The number of hydrogen-bond acceptors (Lipinski definition) is 5. The largest absolute Gasteiger partial charge is 0.481 e. The second-order valence-corrected chi connectivity index (χ2v) is 3.98. The third kappa shape index (κ3) is 1.84. The van der Waals surface area contributed by atoms with E-state index in [0.29, 0.717) is 13.1 Å². The lowest BCUT2D eigenvalue weighted by Gasteiger charge is -2.35. The third-order valence-electron chi connectivity index (χ3n) is 2.09. The van der Waals surface area contributed by atoms with E-state index >= 15 is 0 Å². The van der Waals surface area contributed by atoms with Gasteiger partial charge in [0.1, 0.15) is 0 Å². The number of rotatable bonds is 3. The van der Waals surface area contributed by atoms with Crippen LogP contribution in [-0.4, -0.2) is 38.7 Å². The van der Waals surface area contributed by atoms with Crippen molar-refractivity contribution in [2.24, 2.45) is 5.92 Å². The molecule has 0 aromatic carbocycles. The maximum atomic E-state index is 10.5. The van der Waals surface area contributed by atoms with Crippen molar-refractivity contribution in [3.63, 3.8) is 0 Å². The Morgan fingerprint density at radius 1 is 1.77 bits per heavy atom. The molecule has 1 aliphatic heterocycles. The van der Waals surface area contributed by atoms with Crippen LogP contribution >= 0.6 is 11.5 Å². The first-order valence-corrected chi connectivity index (χ1v) is 4.74. The fourth-order valence-electron chi connectivity index (χ4n) is 1.33. The summed E-state index contributed by atoms with van der Waals surface area (Å²) in [7, 11) is 0. The van der Waals surface area contributed by atoms with Gasteiger partial charge in [-0.25, -0.2) is 0 Å². The van der Waals surface area contributed by atoms with E-state index in [1.165, 1.54) is 11.5 Å². The van der Waals surface area contributed by atoms with Crippen LogP contribution in [-0.2, 0) is 11.3 Å². The quantitative estimate of drug-likeness (QED) is 0.745. The number of carboxylic acid groups (broad SMARTS) is 1. The van der Waals surface area contributed by atoms with Gasteiger partial charge in [-0.3, -0.25) is 9.69 Å². The van der Waals surface area contributed by atoms with Crippen molar-refractivity contribution in [1.29, 1.82) is 0 Å². The summed E-state index contributed by atoms with van der Waals surface area (Å²) in [5.74, 6) is -0.875. The van der Waals surface area contributed by atoms with Gasteiger partial charge in [0, 0.05) is 19.6 Å². The Labute approximate surface area is 79.2 Å². The average Bonchev–Trinajstić information content (AvgIpc) is 2.46. The smallest absolute Gasteiger partial charge is 0.309 e. The lowest BCUT2D eigenvalue weighted by atomic mass is 10.0. The molecule has 13 heavy (non-hydrogen) atoms. The van der Waals surface area contributed by atoms with E-state index in [4.69, 9.17) is 5.11 Å². The lowest BCUT2D eigenvalue weighted by Crippen LogP contribution is -2.49. The number of nitrogens with zero attached hydrogens (tertiary/aromatic N) is 3. The molecule has 1 saturated heterocycles. The number of aliphatic carboxylic acids is 1. The molecular formula is C7H9N3O2S. The van der Waals surface area contributed by atoms with Crippen molar-refractivity contribution in [1.82, 2.24) is 14.5 Å². The van der Waals surface area contributed by atoms with Crippen molar-refractivity contribution >= 4 is 17.5 Å². The van der Waals surface area contributed by atoms with Crippen molar-refractivity contribution < 1.29 is 9.90 Å². The van der Waals surface area contributed by atoms with Crippen LogP contribution in [0.25, 0.3) is 0 Å². The second kappa shape index (κ2) is 3.39. The highest BCUT2D eigenvalue weighted by atomic mass is 32.1. The zero-order chi connectivity index (χ0) is 9.26. The zero-order valence-electron chi connectivity index (χ0n) is 6.88. The summed E-state index contributed by atoms with van der Waals surface area (Å²) in [6.07, 6.45) is 1.72. The summed E-state index contributed by atoms with van der Waals surface area (Å²) in [6.45, 7) is 2.07.